The monoisotopic (exact) mass is 338 g/mol. The maximum atomic E-state index is 12.3. The van der Waals surface area contributed by atoms with Crippen LogP contribution in [0.25, 0.3) is 0 Å². The lowest BCUT2D eigenvalue weighted by molar-refractivity contribution is 0.100. The van der Waals surface area contributed by atoms with Crippen molar-refractivity contribution in [3.8, 4) is 0 Å². The smallest absolute Gasteiger partial charge is 0.255 e. The van der Waals surface area contributed by atoms with E-state index in [1.165, 1.54) is 6.92 Å². The summed E-state index contributed by atoms with van der Waals surface area (Å²) in [6.07, 6.45) is 5.56. The normalized spacial score (nSPS) is 15.0. The lowest BCUT2D eigenvalue weighted by Crippen LogP contribution is -2.34. The number of rotatable bonds is 4. The number of anilines is 2. The summed E-state index contributed by atoms with van der Waals surface area (Å²) >= 11 is 0. The van der Waals surface area contributed by atoms with Crippen LogP contribution >= 0.6 is 0 Å². The van der Waals surface area contributed by atoms with Gasteiger partial charge in [-0.05, 0) is 37.8 Å². The van der Waals surface area contributed by atoms with E-state index in [4.69, 9.17) is 0 Å². The van der Waals surface area contributed by atoms with Gasteiger partial charge < -0.3 is 10.2 Å². The summed E-state index contributed by atoms with van der Waals surface area (Å²) in [7, 11) is 0. The van der Waals surface area contributed by atoms with Gasteiger partial charge in [-0.2, -0.15) is 0 Å². The molecule has 6 nitrogen and oxygen atoms in total. The second kappa shape index (κ2) is 7.42. The number of ketones is 1. The summed E-state index contributed by atoms with van der Waals surface area (Å²) in [5.74, 6) is 1.18. The predicted octanol–water partition coefficient (Wildman–Crippen LogP) is 3.17. The zero-order valence-electron chi connectivity index (χ0n) is 14.5. The molecule has 3 rings (SSSR count). The summed E-state index contributed by atoms with van der Waals surface area (Å²) in [6, 6.07) is 6.56. The van der Waals surface area contributed by atoms with Crippen LogP contribution in [0, 0.1) is 5.92 Å². The number of Topliss-reactive ketones (excluding diaryl/α,β-unsaturated/α-hetero) is 1. The highest BCUT2D eigenvalue weighted by Gasteiger charge is 2.18. The van der Waals surface area contributed by atoms with Crippen molar-refractivity contribution in [3.05, 3.63) is 47.8 Å². The Morgan fingerprint density at radius 2 is 1.60 bits per heavy atom. The van der Waals surface area contributed by atoms with Crippen molar-refractivity contribution in [2.75, 3.05) is 23.3 Å². The Kier molecular flexibility index (Phi) is 5.07. The summed E-state index contributed by atoms with van der Waals surface area (Å²) in [5.41, 5.74) is 1.62. The van der Waals surface area contributed by atoms with Gasteiger partial charge in [0.1, 0.15) is 0 Å². The van der Waals surface area contributed by atoms with Gasteiger partial charge in [-0.3, -0.25) is 9.59 Å². The van der Waals surface area contributed by atoms with Gasteiger partial charge in [-0.1, -0.05) is 19.1 Å². The Morgan fingerprint density at radius 1 is 1.04 bits per heavy atom. The number of hydrogen-bond acceptors (Lipinski definition) is 5. The van der Waals surface area contributed by atoms with Gasteiger partial charge in [0.15, 0.2) is 5.78 Å². The van der Waals surface area contributed by atoms with Crippen LogP contribution < -0.4 is 10.2 Å². The van der Waals surface area contributed by atoms with Crippen LogP contribution in [0.15, 0.2) is 36.7 Å². The van der Waals surface area contributed by atoms with Crippen LogP contribution in [0.4, 0.5) is 11.6 Å². The zero-order chi connectivity index (χ0) is 17.8. The van der Waals surface area contributed by atoms with Gasteiger partial charge >= 0.3 is 0 Å². The zero-order valence-corrected chi connectivity index (χ0v) is 14.5. The first-order valence-electron chi connectivity index (χ1n) is 8.52. The van der Waals surface area contributed by atoms with E-state index >= 15 is 0 Å². The highest BCUT2D eigenvalue weighted by Crippen LogP contribution is 2.20. The maximum absolute atomic E-state index is 12.3. The molecule has 1 amide bonds. The molecule has 0 atom stereocenters. The molecule has 2 heterocycles. The lowest BCUT2D eigenvalue weighted by atomic mass is 10.00. The minimum absolute atomic E-state index is 0.0250. The SMILES string of the molecule is CC(=O)c1ccc(C(=O)Nc2cnc(N3CCC(C)CC3)nc2)cc1. The average Bonchev–Trinajstić information content (AvgIpc) is 2.63. The van der Waals surface area contributed by atoms with Crippen molar-refractivity contribution >= 4 is 23.3 Å². The topological polar surface area (TPSA) is 75.2 Å². The van der Waals surface area contributed by atoms with E-state index in [-0.39, 0.29) is 11.7 Å². The van der Waals surface area contributed by atoms with Crippen LogP contribution in [-0.2, 0) is 0 Å². The second-order valence-electron chi connectivity index (χ2n) is 6.53. The van der Waals surface area contributed by atoms with Crippen molar-refractivity contribution in [2.45, 2.75) is 26.7 Å². The van der Waals surface area contributed by atoms with E-state index in [1.54, 1.807) is 36.7 Å². The van der Waals surface area contributed by atoms with Gasteiger partial charge in [-0.25, -0.2) is 9.97 Å². The van der Waals surface area contributed by atoms with Gasteiger partial charge in [0, 0.05) is 24.2 Å². The van der Waals surface area contributed by atoms with E-state index in [9.17, 15) is 9.59 Å². The fourth-order valence-electron chi connectivity index (χ4n) is 2.82. The Bertz CT molecular complexity index is 748. The predicted molar refractivity (Wildman–Crippen MR) is 97.0 cm³/mol. The maximum Gasteiger partial charge on any atom is 0.255 e. The van der Waals surface area contributed by atoms with Crippen LogP contribution in [0.1, 0.15) is 47.4 Å². The highest BCUT2D eigenvalue weighted by atomic mass is 16.1. The summed E-state index contributed by atoms with van der Waals surface area (Å²) in [4.78, 5) is 34.4. The van der Waals surface area contributed by atoms with Crippen molar-refractivity contribution in [1.29, 1.82) is 0 Å². The van der Waals surface area contributed by atoms with Gasteiger partial charge in [0.25, 0.3) is 5.91 Å². The molecule has 1 aromatic carbocycles. The molecule has 0 spiro atoms. The number of carbonyl (C=O) groups excluding carboxylic acids is 2. The number of carbonyl (C=O) groups is 2. The molecule has 6 heteroatoms. The third kappa shape index (κ3) is 4.21. The molecule has 0 unspecified atom stereocenters. The molecule has 25 heavy (non-hydrogen) atoms. The Hall–Kier alpha value is -2.76. The third-order valence-electron chi connectivity index (χ3n) is 4.52. The quantitative estimate of drug-likeness (QED) is 0.867. The molecule has 0 bridgehead atoms. The van der Waals surface area contributed by atoms with Crippen molar-refractivity contribution < 1.29 is 9.59 Å². The van der Waals surface area contributed by atoms with Crippen molar-refractivity contribution in [2.24, 2.45) is 5.92 Å². The Balaban J connectivity index is 1.62. The molecule has 0 aliphatic carbocycles. The van der Waals surface area contributed by atoms with E-state index in [0.29, 0.717) is 22.8 Å². The number of benzene rings is 1. The molecule has 0 radical (unpaired) electrons. The van der Waals surface area contributed by atoms with Crippen molar-refractivity contribution in [1.82, 2.24) is 9.97 Å². The van der Waals surface area contributed by atoms with Crippen LogP contribution in [0.5, 0.6) is 0 Å². The molecule has 1 aliphatic heterocycles. The number of hydrogen-bond donors (Lipinski definition) is 1. The summed E-state index contributed by atoms with van der Waals surface area (Å²) in [6.45, 7) is 5.70. The number of nitrogens with one attached hydrogen (secondary N) is 1. The molecule has 1 saturated heterocycles. The molecule has 2 aromatic rings. The molecular formula is C19H22N4O2. The molecule has 1 fully saturated rings. The fourth-order valence-corrected chi connectivity index (χ4v) is 2.82. The van der Waals surface area contributed by atoms with E-state index in [2.05, 4.69) is 27.1 Å². The van der Waals surface area contributed by atoms with E-state index < -0.39 is 0 Å². The van der Waals surface area contributed by atoms with Crippen LogP contribution in [-0.4, -0.2) is 34.7 Å². The first-order chi connectivity index (χ1) is 12.0. The number of nitrogens with zero attached hydrogens (tertiary/aromatic N) is 3. The average molecular weight is 338 g/mol. The minimum atomic E-state index is -0.252. The number of amides is 1. The number of piperidine rings is 1. The molecular weight excluding hydrogens is 316 g/mol. The van der Waals surface area contributed by atoms with E-state index in [0.717, 1.165) is 31.8 Å². The largest absolute Gasteiger partial charge is 0.341 e. The molecule has 130 valence electrons. The lowest BCUT2D eigenvalue weighted by Gasteiger charge is -2.30. The third-order valence-corrected chi connectivity index (χ3v) is 4.52. The van der Waals surface area contributed by atoms with E-state index in [1.807, 2.05) is 0 Å². The molecule has 1 N–H and O–H groups in total. The standard InChI is InChI=1S/C19H22N4O2/c1-13-7-9-23(10-8-13)19-20-11-17(12-21-19)22-18(25)16-5-3-15(4-6-16)14(2)24/h3-6,11-13H,7-10H2,1-2H3,(H,22,25). The van der Waals surface area contributed by atoms with Gasteiger partial charge in [0.2, 0.25) is 5.95 Å². The first kappa shape index (κ1) is 17.1. The Morgan fingerprint density at radius 3 is 2.16 bits per heavy atom. The second-order valence-corrected chi connectivity index (χ2v) is 6.53. The molecule has 1 aromatic heterocycles. The van der Waals surface area contributed by atoms with Gasteiger partial charge in [-0.15, -0.1) is 0 Å². The van der Waals surface area contributed by atoms with Crippen LogP contribution in [0.2, 0.25) is 0 Å². The highest BCUT2D eigenvalue weighted by molar-refractivity contribution is 6.04. The molecule has 0 saturated carbocycles. The van der Waals surface area contributed by atoms with Crippen molar-refractivity contribution in [3.63, 3.8) is 0 Å². The first-order valence-corrected chi connectivity index (χ1v) is 8.52. The number of aromatic nitrogens is 2. The minimum Gasteiger partial charge on any atom is -0.341 e. The van der Waals surface area contributed by atoms with Crippen LogP contribution in [0.3, 0.4) is 0 Å². The Labute approximate surface area is 147 Å². The molecule has 1 aliphatic rings. The van der Waals surface area contributed by atoms with Gasteiger partial charge in [0.05, 0.1) is 18.1 Å². The fraction of sp³-hybridized carbons (Fsp3) is 0.368. The summed E-state index contributed by atoms with van der Waals surface area (Å²) in [5, 5.41) is 2.78. The summed E-state index contributed by atoms with van der Waals surface area (Å²) < 4.78 is 0.